The van der Waals surface area contributed by atoms with Gasteiger partial charge in [0.25, 0.3) is 0 Å². The predicted molar refractivity (Wildman–Crippen MR) is 171 cm³/mol. The molecule has 3 saturated heterocycles. The number of nitrogens with zero attached hydrogens (tertiary/aromatic N) is 6. The van der Waals surface area contributed by atoms with Crippen molar-refractivity contribution < 1.29 is 24.2 Å². The number of fused-ring (bicyclic) bond motifs is 2. The van der Waals surface area contributed by atoms with Crippen LogP contribution in [0.2, 0.25) is 0 Å². The first-order valence-electron chi connectivity index (χ1n) is 15.2. The number of para-hydroxylation sites is 1. The summed E-state index contributed by atoms with van der Waals surface area (Å²) < 4.78 is 8.35. The van der Waals surface area contributed by atoms with Crippen LogP contribution < -0.4 is 0 Å². The third kappa shape index (κ3) is 5.38. The fourth-order valence-electron chi connectivity index (χ4n) is 7.31. The lowest BCUT2D eigenvalue weighted by atomic mass is 9.70. The molecule has 3 aromatic rings. The number of carbonyl (C=O) groups is 3. The van der Waals surface area contributed by atoms with E-state index >= 15 is 0 Å². The maximum absolute atomic E-state index is 14.7. The Morgan fingerprint density at radius 2 is 1.78 bits per heavy atom. The van der Waals surface area contributed by atoms with Gasteiger partial charge in [-0.15, -0.1) is 18.3 Å². The summed E-state index contributed by atoms with van der Waals surface area (Å²) in [5.41, 5.74) is 1.20. The zero-order valence-corrected chi connectivity index (χ0v) is 26.5. The van der Waals surface area contributed by atoms with Gasteiger partial charge in [-0.3, -0.25) is 14.4 Å². The van der Waals surface area contributed by atoms with Gasteiger partial charge in [0, 0.05) is 37.6 Å². The molecule has 1 N–H and O–H groups in total. The summed E-state index contributed by atoms with van der Waals surface area (Å²) in [6, 6.07) is 16.1. The molecule has 3 aliphatic heterocycles. The number of aliphatic hydroxyl groups is 1. The van der Waals surface area contributed by atoms with Crippen molar-refractivity contribution in [3.63, 3.8) is 0 Å². The highest BCUT2D eigenvalue weighted by Gasteiger charge is 2.76. The number of hydrogen-bond donors (Lipinski definition) is 1. The number of likely N-dealkylation sites (tertiary alicyclic amines) is 1. The Balaban J connectivity index is 1.36. The van der Waals surface area contributed by atoms with Gasteiger partial charge in [-0.05, 0) is 30.5 Å². The molecule has 2 aromatic carbocycles. The number of alkyl halides is 1. The lowest BCUT2D eigenvalue weighted by Crippen LogP contribution is -2.57. The van der Waals surface area contributed by atoms with Crippen molar-refractivity contribution >= 4 is 44.7 Å². The second kappa shape index (κ2) is 12.9. The fraction of sp³-hybridized carbons (Fsp3) is 0.424. The van der Waals surface area contributed by atoms with Crippen LogP contribution in [0, 0.1) is 11.8 Å². The van der Waals surface area contributed by atoms with E-state index < -0.39 is 29.6 Å². The summed E-state index contributed by atoms with van der Waals surface area (Å²) in [6.07, 6.45) is 3.39. The average Bonchev–Trinajstić information content (AvgIpc) is 3.76. The van der Waals surface area contributed by atoms with E-state index in [2.05, 4.69) is 39.4 Å². The number of hydrogen-bond acceptors (Lipinski definition) is 7. The van der Waals surface area contributed by atoms with Crippen LogP contribution in [0.1, 0.15) is 18.4 Å². The second-order valence-corrected chi connectivity index (χ2v) is 13.0. The van der Waals surface area contributed by atoms with Crippen molar-refractivity contribution in [3.05, 3.63) is 85.5 Å². The molecule has 6 atom stereocenters. The SMILES string of the molecule is C=CCN(Cn1nnc2ccccc21)C(=O)C1N(CCCO)C(=O)[C@@H]2[C@@H](C(=O)N(CC=C)Cc3ccccc3)[C@@H]3OC12CC3Br. The number of halogens is 1. The van der Waals surface area contributed by atoms with Gasteiger partial charge >= 0.3 is 0 Å². The van der Waals surface area contributed by atoms with Crippen molar-refractivity contribution in [3.8, 4) is 0 Å². The summed E-state index contributed by atoms with van der Waals surface area (Å²) in [7, 11) is 0. The molecule has 1 aromatic heterocycles. The van der Waals surface area contributed by atoms with E-state index in [1.165, 1.54) is 4.90 Å². The van der Waals surface area contributed by atoms with Crippen LogP contribution in [-0.4, -0.2) is 101 Å². The Kier molecular flexibility index (Phi) is 8.89. The zero-order chi connectivity index (χ0) is 31.7. The summed E-state index contributed by atoms with van der Waals surface area (Å²) in [5, 5.41) is 18.2. The number of aromatic nitrogens is 3. The summed E-state index contributed by atoms with van der Waals surface area (Å²) in [6.45, 7) is 8.65. The molecule has 11 nitrogen and oxygen atoms in total. The number of carbonyl (C=O) groups excluding carboxylic acids is 3. The number of amides is 3. The molecule has 4 heterocycles. The van der Waals surface area contributed by atoms with E-state index in [1.807, 2.05) is 54.6 Å². The Morgan fingerprint density at radius 3 is 2.51 bits per heavy atom. The standard InChI is InChI=1S/C33H37BrN6O5/c1-3-15-37(20-22-11-6-5-7-12-22)30(42)26-27-31(43)39(17-10-18-41)29(33(27)19-23(34)28(26)45-33)32(44)38(16-4-2)21-40-25-14-9-8-13-24(25)35-36-40/h3-9,11-14,23,26-29,41H,1-2,10,15-21H2/t23?,26-,27+,28-,29?,33?/m1/s1. The van der Waals surface area contributed by atoms with Crippen LogP contribution in [0.15, 0.2) is 79.9 Å². The monoisotopic (exact) mass is 676 g/mol. The third-order valence-electron chi connectivity index (χ3n) is 9.13. The van der Waals surface area contributed by atoms with E-state index in [9.17, 15) is 19.5 Å². The average molecular weight is 678 g/mol. The molecule has 0 saturated carbocycles. The molecule has 3 fully saturated rings. The molecule has 3 unspecified atom stereocenters. The minimum Gasteiger partial charge on any atom is -0.396 e. The fourth-order valence-corrected chi connectivity index (χ4v) is 8.25. The number of benzene rings is 2. The van der Waals surface area contributed by atoms with Gasteiger partial charge in [-0.1, -0.05) is 75.8 Å². The van der Waals surface area contributed by atoms with Gasteiger partial charge in [0.15, 0.2) is 0 Å². The van der Waals surface area contributed by atoms with E-state index in [4.69, 9.17) is 4.74 Å². The first-order valence-corrected chi connectivity index (χ1v) is 16.1. The predicted octanol–water partition coefficient (Wildman–Crippen LogP) is 2.75. The normalized spacial score (nSPS) is 26.7. The molecule has 236 valence electrons. The highest BCUT2D eigenvalue weighted by molar-refractivity contribution is 9.09. The molecular formula is C33H37BrN6O5. The molecule has 1 spiro atoms. The van der Waals surface area contributed by atoms with Crippen molar-refractivity contribution in [1.82, 2.24) is 29.7 Å². The minimum absolute atomic E-state index is 0.0817. The molecule has 0 radical (unpaired) electrons. The Bertz CT molecular complexity index is 1600. The molecule has 0 aliphatic carbocycles. The van der Waals surface area contributed by atoms with Crippen LogP contribution in [0.25, 0.3) is 11.0 Å². The van der Waals surface area contributed by atoms with Gasteiger partial charge in [0.2, 0.25) is 17.7 Å². The van der Waals surface area contributed by atoms with E-state index in [1.54, 1.807) is 26.6 Å². The van der Waals surface area contributed by atoms with Crippen molar-refractivity contribution in [2.75, 3.05) is 26.2 Å². The number of aliphatic hydroxyl groups excluding tert-OH is 1. The van der Waals surface area contributed by atoms with Crippen LogP contribution in [0.4, 0.5) is 0 Å². The topological polar surface area (TPSA) is 121 Å². The molecule has 12 heteroatoms. The van der Waals surface area contributed by atoms with Gasteiger partial charge in [0.05, 0.1) is 23.5 Å². The third-order valence-corrected chi connectivity index (χ3v) is 9.97. The Labute approximate surface area is 270 Å². The summed E-state index contributed by atoms with van der Waals surface area (Å²) in [4.78, 5) is 48.0. The van der Waals surface area contributed by atoms with E-state index in [0.29, 0.717) is 25.0 Å². The van der Waals surface area contributed by atoms with E-state index in [-0.39, 0.29) is 55.3 Å². The van der Waals surface area contributed by atoms with Gasteiger partial charge in [0.1, 0.15) is 23.8 Å². The molecular weight excluding hydrogens is 640 g/mol. The minimum atomic E-state index is -1.22. The molecule has 45 heavy (non-hydrogen) atoms. The maximum atomic E-state index is 14.7. The quantitative estimate of drug-likeness (QED) is 0.218. The Hall–Kier alpha value is -3.87. The molecule has 2 bridgehead atoms. The molecule has 3 aliphatic rings. The maximum Gasteiger partial charge on any atom is 0.250 e. The van der Waals surface area contributed by atoms with Gasteiger partial charge < -0.3 is 24.5 Å². The summed E-state index contributed by atoms with van der Waals surface area (Å²) >= 11 is 3.75. The first kappa shape index (κ1) is 31.1. The first-order chi connectivity index (χ1) is 21.8. The zero-order valence-electron chi connectivity index (χ0n) is 25.0. The number of ether oxygens (including phenoxy) is 1. The van der Waals surface area contributed by atoms with Crippen LogP contribution >= 0.6 is 15.9 Å². The second-order valence-electron chi connectivity index (χ2n) is 11.8. The van der Waals surface area contributed by atoms with Gasteiger partial charge in [-0.2, -0.15) is 0 Å². The Morgan fingerprint density at radius 1 is 1.07 bits per heavy atom. The van der Waals surface area contributed by atoms with E-state index in [0.717, 1.165) is 11.1 Å². The number of rotatable bonds is 13. The van der Waals surface area contributed by atoms with Crippen LogP contribution in [-0.2, 0) is 32.3 Å². The van der Waals surface area contributed by atoms with Crippen LogP contribution in [0.5, 0.6) is 0 Å². The lowest BCUT2D eigenvalue weighted by Gasteiger charge is -2.37. The molecule has 6 rings (SSSR count). The molecule has 3 amide bonds. The van der Waals surface area contributed by atoms with Crippen molar-refractivity contribution in [1.29, 1.82) is 0 Å². The van der Waals surface area contributed by atoms with Gasteiger partial charge in [-0.25, -0.2) is 4.68 Å². The van der Waals surface area contributed by atoms with Crippen molar-refractivity contribution in [2.24, 2.45) is 11.8 Å². The smallest absolute Gasteiger partial charge is 0.250 e. The highest BCUT2D eigenvalue weighted by atomic mass is 79.9. The highest BCUT2D eigenvalue weighted by Crippen LogP contribution is 2.60. The lowest BCUT2D eigenvalue weighted by molar-refractivity contribution is -0.150. The van der Waals surface area contributed by atoms with Crippen LogP contribution in [0.3, 0.4) is 0 Å². The van der Waals surface area contributed by atoms with Crippen molar-refractivity contribution in [2.45, 2.75) is 48.6 Å². The summed E-state index contributed by atoms with van der Waals surface area (Å²) in [5.74, 6) is -2.48. The largest absolute Gasteiger partial charge is 0.396 e.